The van der Waals surface area contributed by atoms with E-state index in [2.05, 4.69) is 69.9 Å². The van der Waals surface area contributed by atoms with Gasteiger partial charge in [-0.15, -0.1) is 0 Å². The highest BCUT2D eigenvalue weighted by molar-refractivity contribution is 5.78. The maximum atomic E-state index is 9.55. The number of benzene rings is 3. The zero-order valence-electron chi connectivity index (χ0n) is 17.3. The number of aromatic hydroxyl groups is 1. The van der Waals surface area contributed by atoms with Crippen molar-refractivity contribution in [3.63, 3.8) is 0 Å². The lowest BCUT2D eigenvalue weighted by molar-refractivity contribution is 0.0905. The van der Waals surface area contributed by atoms with Crippen molar-refractivity contribution < 1.29 is 5.11 Å². The molecule has 0 aromatic heterocycles. The third-order valence-electron chi connectivity index (χ3n) is 6.23. The number of hydrogen-bond donors (Lipinski definition) is 2. The van der Waals surface area contributed by atoms with Crippen molar-refractivity contribution in [1.82, 2.24) is 15.3 Å². The fourth-order valence-electron chi connectivity index (χ4n) is 4.72. The summed E-state index contributed by atoms with van der Waals surface area (Å²) in [5.41, 5.74) is 11.3. The van der Waals surface area contributed by atoms with Crippen molar-refractivity contribution in [2.45, 2.75) is 13.0 Å². The molecule has 1 aliphatic heterocycles. The molecule has 2 aliphatic rings. The number of piperazine rings is 1. The number of fused-ring (bicyclic) bond motifs is 3. The van der Waals surface area contributed by atoms with Gasteiger partial charge in [0.05, 0.1) is 11.7 Å². The van der Waals surface area contributed by atoms with Crippen molar-refractivity contribution >= 4 is 5.70 Å². The van der Waals surface area contributed by atoms with Gasteiger partial charge in [-0.25, -0.2) is 5.01 Å². The van der Waals surface area contributed by atoms with Gasteiger partial charge in [0.2, 0.25) is 0 Å². The van der Waals surface area contributed by atoms with Gasteiger partial charge in [0.25, 0.3) is 0 Å². The molecule has 1 heterocycles. The van der Waals surface area contributed by atoms with Crippen molar-refractivity contribution in [1.29, 1.82) is 0 Å². The molecule has 30 heavy (non-hydrogen) atoms. The van der Waals surface area contributed by atoms with Gasteiger partial charge in [-0.3, -0.25) is 4.90 Å². The number of rotatable bonds is 4. The predicted molar refractivity (Wildman–Crippen MR) is 122 cm³/mol. The zero-order chi connectivity index (χ0) is 20.5. The average Bonchev–Trinajstić information content (AvgIpc) is 3.13. The van der Waals surface area contributed by atoms with Gasteiger partial charge >= 0.3 is 0 Å². The largest absolute Gasteiger partial charge is 0.508 e. The second-order valence-electron chi connectivity index (χ2n) is 7.96. The topological polar surface area (TPSA) is 38.7 Å². The molecule has 152 valence electrons. The molecular weight excluding hydrogens is 370 g/mol. The third-order valence-corrected chi connectivity index (χ3v) is 6.23. The molecule has 5 rings (SSSR count). The molecule has 0 saturated carbocycles. The summed E-state index contributed by atoms with van der Waals surface area (Å²) in [7, 11) is 0. The number of hydrogen-bond acceptors (Lipinski definition) is 4. The van der Waals surface area contributed by atoms with Gasteiger partial charge in [-0.2, -0.15) is 0 Å². The molecule has 0 unspecified atom stereocenters. The number of allylic oxidation sites excluding steroid dienone is 1. The molecule has 0 atom stereocenters. The monoisotopic (exact) mass is 397 g/mol. The Morgan fingerprint density at radius 3 is 1.97 bits per heavy atom. The molecular formula is C26H27N3O. The minimum atomic E-state index is 0.292. The van der Waals surface area contributed by atoms with E-state index in [9.17, 15) is 5.11 Å². The molecule has 0 spiro atoms. The van der Waals surface area contributed by atoms with Gasteiger partial charge in [-0.1, -0.05) is 54.6 Å². The van der Waals surface area contributed by atoms with E-state index >= 15 is 0 Å². The van der Waals surface area contributed by atoms with Crippen LogP contribution in [0.4, 0.5) is 0 Å². The SMILES string of the molecule is C/C=C(/NN1CCN(C2c3ccccc3-c3ccccc32)CC1)c1ccc(O)cc1. The highest BCUT2D eigenvalue weighted by atomic mass is 16.3. The Morgan fingerprint density at radius 1 is 0.833 bits per heavy atom. The minimum Gasteiger partial charge on any atom is -0.508 e. The number of nitrogens with one attached hydrogen (secondary N) is 1. The van der Waals surface area contributed by atoms with E-state index in [1.807, 2.05) is 19.1 Å². The molecule has 3 aromatic carbocycles. The van der Waals surface area contributed by atoms with Gasteiger partial charge in [0.15, 0.2) is 0 Å². The predicted octanol–water partition coefficient (Wildman–Crippen LogP) is 4.65. The molecule has 4 heteroatoms. The summed E-state index contributed by atoms with van der Waals surface area (Å²) in [5.74, 6) is 0.292. The van der Waals surface area contributed by atoms with E-state index in [1.165, 1.54) is 22.3 Å². The van der Waals surface area contributed by atoms with Crippen LogP contribution in [0.1, 0.15) is 29.7 Å². The maximum Gasteiger partial charge on any atom is 0.115 e. The van der Waals surface area contributed by atoms with Crippen molar-refractivity contribution in [2.75, 3.05) is 26.2 Å². The lowest BCUT2D eigenvalue weighted by Gasteiger charge is -2.39. The molecule has 1 aliphatic carbocycles. The summed E-state index contributed by atoms with van der Waals surface area (Å²) in [6.07, 6.45) is 2.09. The van der Waals surface area contributed by atoms with E-state index in [4.69, 9.17) is 0 Å². The highest BCUT2D eigenvalue weighted by Crippen LogP contribution is 2.46. The highest BCUT2D eigenvalue weighted by Gasteiger charge is 2.34. The Morgan fingerprint density at radius 2 is 1.40 bits per heavy atom. The average molecular weight is 398 g/mol. The Balaban J connectivity index is 1.30. The van der Waals surface area contributed by atoms with E-state index in [0.717, 1.165) is 37.4 Å². The summed E-state index contributed by atoms with van der Waals surface area (Å²) in [4.78, 5) is 2.61. The minimum absolute atomic E-state index is 0.292. The molecule has 3 aromatic rings. The van der Waals surface area contributed by atoms with Gasteiger partial charge in [0, 0.05) is 26.2 Å². The van der Waals surface area contributed by atoms with Gasteiger partial charge < -0.3 is 10.5 Å². The summed E-state index contributed by atoms with van der Waals surface area (Å²) in [6.45, 7) is 5.96. The Bertz CT molecular complexity index is 1020. The standard InChI is InChI=1S/C26H27N3O/c1-2-25(19-11-13-20(30)14-12-19)27-29-17-15-28(16-18-29)26-23-9-5-3-7-21(23)22-8-4-6-10-24(22)26/h2-14,26-27,30H,15-18H2,1H3/b25-2+. The fraction of sp³-hybridized carbons (Fsp3) is 0.231. The quantitative estimate of drug-likeness (QED) is 0.672. The van der Waals surface area contributed by atoms with Crippen LogP contribution in [0.3, 0.4) is 0 Å². The van der Waals surface area contributed by atoms with Crippen LogP contribution in [0.25, 0.3) is 16.8 Å². The van der Waals surface area contributed by atoms with E-state index in [-0.39, 0.29) is 0 Å². The normalized spacial score (nSPS) is 17.6. The van der Waals surface area contributed by atoms with Crippen molar-refractivity contribution in [2.24, 2.45) is 0 Å². The summed E-state index contributed by atoms with van der Waals surface area (Å²) in [5, 5.41) is 11.8. The smallest absolute Gasteiger partial charge is 0.115 e. The molecule has 0 bridgehead atoms. The number of nitrogens with zero attached hydrogens (tertiary/aromatic N) is 2. The van der Waals surface area contributed by atoms with Crippen LogP contribution in [0, 0.1) is 0 Å². The Hall–Kier alpha value is -3.08. The summed E-state index contributed by atoms with van der Waals surface area (Å²) >= 11 is 0. The van der Waals surface area contributed by atoms with Crippen LogP contribution in [0.2, 0.25) is 0 Å². The first-order chi connectivity index (χ1) is 14.7. The molecule has 0 amide bonds. The summed E-state index contributed by atoms with van der Waals surface area (Å²) < 4.78 is 0. The number of hydrazine groups is 1. The first kappa shape index (κ1) is 18.9. The molecule has 0 radical (unpaired) electrons. The molecule has 1 saturated heterocycles. The van der Waals surface area contributed by atoms with Gasteiger partial charge in [-0.05, 0) is 59.0 Å². The van der Waals surface area contributed by atoms with Crippen LogP contribution in [0.15, 0.2) is 78.9 Å². The Labute approximate surface area is 178 Å². The summed E-state index contributed by atoms with van der Waals surface area (Å²) in [6, 6.07) is 25.4. The first-order valence-corrected chi connectivity index (χ1v) is 10.6. The van der Waals surface area contributed by atoms with Gasteiger partial charge in [0.1, 0.15) is 5.75 Å². The van der Waals surface area contributed by atoms with E-state index < -0.39 is 0 Å². The zero-order valence-corrected chi connectivity index (χ0v) is 17.3. The Kier molecular flexibility index (Phi) is 5.03. The van der Waals surface area contributed by atoms with Crippen molar-refractivity contribution in [3.05, 3.63) is 95.6 Å². The molecule has 1 fully saturated rings. The lowest BCUT2D eigenvalue weighted by Crippen LogP contribution is -2.52. The van der Waals surface area contributed by atoms with Crippen LogP contribution >= 0.6 is 0 Å². The second kappa shape index (κ2) is 7.98. The van der Waals surface area contributed by atoms with Crippen LogP contribution in [-0.4, -0.2) is 41.2 Å². The third kappa shape index (κ3) is 3.38. The van der Waals surface area contributed by atoms with Crippen molar-refractivity contribution in [3.8, 4) is 16.9 Å². The first-order valence-electron chi connectivity index (χ1n) is 10.6. The number of phenolic OH excluding ortho intramolecular Hbond substituents is 1. The van der Waals surface area contributed by atoms with E-state index in [1.54, 1.807) is 12.1 Å². The fourth-order valence-corrected chi connectivity index (χ4v) is 4.72. The van der Waals surface area contributed by atoms with Crippen LogP contribution in [-0.2, 0) is 0 Å². The lowest BCUT2D eigenvalue weighted by atomic mass is 10.0. The van der Waals surface area contributed by atoms with Crippen LogP contribution < -0.4 is 5.43 Å². The van der Waals surface area contributed by atoms with Crippen LogP contribution in [0.5, 0.6) is 5.75 Å². The molecule has 2 N–H and O–H groups in total. The molecule has 4 nitrogen and oxygen atoms in total. The second-order valence-corrected chi connectivity index (χ2v) is 7.96. The maximum absolute atomic E-state index is 9.55. The number of phenols is 1. The van der Waals surface area contributed by atoms with E-state index in [0.29, 0.717) is 11.8 Å².